The second-order valence-electron chi connectivity index (χ2n) is 9.02. The average Bonchev–Trinajstić information content (AvgIpc) is 2.82. The molecule has 0 N–H and O–H groups in total. The topological polar surface area (TPSA) is 44.8 Å². The Kier molecular flexibility index (Phi) is 12.5. The zero-order chi connectivity index (χ0) is 23.9. The molecule has 4 nitrogen and oxygen atoms in total. The molecule has 0 aliphatic carbocycles. The van der Waals surface area contributed by atoms with Gasteiger partial charge in [0.1, 0.15) is 17.2 Å². The van der Waals surface area contributed by atoms with E-state index in [1.54, 1.807) is 24.3 Å². The van der Waals surface area contributed by atoms with Gasteiger partial charge in [-0.05, 0) is 74.2 Å². The van der Waals surface area contributed by atoms with Crippen LogP contribution in [0.3, 0.4) is 0 Å². The minimum absolute atomic E-state index is 0.160. The van der Waals surface area contributed by atoms with Crippen LogP contribution in [0.4, 0.5) is 0 Å². The maximum atomic E-state index is 12.4. The first kappa shape index (κ1) is 26.8. The smallest absolute Gasteiger partial charge is 0.343 e. The lowest BCUT2D eigenvalue weighted by Gasteiger charge is -2.13. The van der Waals surface area contributed by atoms with E-state index >= 15 is 0 Å². The van der Waals surface area contributed by atoms with Crippen molar-refractivity contribution in [1.29, 1.82) is 0 Å². The summed E-state index contributed by atoms with van der Waals surface area (Å²) in [4.78, 5) is 12.4. The highest BCUT2D eigenvalue weighted by Gasteiger charge is 2.10. The van der Waals surface area contributed by atoms with Crippen LogP contribution in [0.25, 0.3) is 0 Å². The number of rotatable bonds is 16. The van der Waals surface area contributed by atoms with Gasteiger partial charge in [-0.1, -0.05) is 65.7 Å². The number of benzene rings is 2. The summed E-state index contributed by atoms with van der Waals surface area (Å²) in [7, 11) is 0. The molecule has 0 heterocycles. The van der Waals surface area contributed by atoms with E-state index in [0.717, 1.165) is 43.3 Å². The van der Waals surface area contributed by atoms with Crippen LogP contribution in [-0.2, 0) is 0 Å². The van der Waals surface area contributed by atoms with Crippen molar-refractivity contribution >= 4 is 5.97 Å². The highest BCUT2D eigenvalue weighted by atomic mass is 16.5. The zero-order valence-electron chi connectivity index (χ0n) is 21.0. The average molecular weight is 455 g/mol. The Hall–Kier alpha value is -2.49. The van der Waals surface area contributed by atoms with Gasteiger partial charge >= 0.3 is 5.97 Å². The summed E-state index contributed by atoms with van der Waals surface area (Å²) in [6.45, 7) is 9.50. The molecular weight excluding hydrogens is 412 g/mol. The largest absolute Gasteiger partial charge is 0.494 e. The molecule has 0 bridgehead atoms. The number of hydrogen-bond donors (Lipinski definition) is 0. The first-order valence-corrected chi connectivity index (χ1v) is 12.7. The van der Waals surface area contributed by atoms with Crippen LogP contribution >= 0.6 is 0 Å². The lowest BCUT2D eigenvalue weighted by molar-refractivity contribution is 0.0734. The number of carbonyl (C=O) groups excluding carboxylic acids is 1. The highest BCUT2D eigenvalue weighted by molar-refractivity contribution is 5.91. The first-order chi connectivity index (χ1) is 16.0. The van der Waals surface area contributed by atoms with Crippen molar-refractivity contribution in [3.8, 4) is 17.2 Å². The lowest BCUT2D eigenvalue weighted by atomic mass is 10.0. The molecule has 0 spiro atoms. The molecule has 0 saturated heterocycles. The second-order valence-corrected chi connectivity index (χ2v) is 9.02. The molecule has 0 aliphatic rings. The third-order valence-electron chi connectivity index (χ3n) is 5.96. The van der Waals surface area contributed by atoms with Crippen molar-refractivity contribution < 1.29 is 19.0 Å². The molecule has 2 atom stereocenters. The second kappa shape index (κ2) is 15.4. The number of esters is 1. The van der Waals surface area contributed by atoms with Gasteiger partial charge in [0.25, 0.3) is 0 Å². The quantitative estimate of drug-likeness (QED) is 0.145. The van der Waals surface area contributed by atoms with E-state index in [0.29, 0.717) is 11.3 Å². The minimum atomic E-state index is -0.384. The molecule has 33 heavy (non-hydrogen) atoms. The van der Waals surface area contributed by atoms with Gasteiger partial charge in [0, 0.05) is 0 Å². The highest BCUT2D eigenvalue weighted by Crippen LogP contribution is 2.21. The number of hydrogen-bond acceptors (Lipinski definition) is 4. The summed E-state index contributed by atoms with van der Waals surface area (Å²) in [6, 6.07) is 14.3. The molecule has 0 amide bonds. The summed E-state index contributed by atoms with van der Waals surface area (Å²) in [5.41, 5.74) is 0.495. The van der Waals surface area contributed by atoms with E-state index in [1.165, 1.54) is 38.5 Å². The van der Waals surface area contributed by atoms with Crippen LogP contribution in [-0.4, -0.2) is 18.7 Å². The standard InChI is InChI=1S/C29H42O4/c1-5-12-24(4)32-27-16-14-25(15-17-27)29(30)33-28-20-18-26(19-21-28)31-22-11-9-7-8-10-13-23(3)6-2/h14-21,23-24H,5-13,22H2,1-4H3/t23-,24+/m0/s1. The van der Waals surface area contributed by atoms with Gasteiger partial charge in [-0.15, -0.1) is 0 Å². The summed E-state index contributed by atoms with van der Waals surface area (Å²) in [5, 5.41) is 0. The Morgan fingerprint density at radius 1 is 0.758 bits per heavy atom. The van der Waals surface area contributed by atoms with Gasteiger partial charge in [-0.2, -0.15) is 0 Å². The van der Waals surface area contributed by atoms with Crippen LogP contribution in [0.1, 0.15) is 95.8 Å². The molecule has 4 heteroatoms. The predicted molar refractivity (Wildman–Crippen MR) is 135 cm³/mol. The van der Waals surface area contributed by atoms with Crippen LogP contribution in [0.5, 0.6) is 17.2 Å². The summed E-state index contributed by atoms with van der Waals surface area (Å²) < 4.78 is 17.1. The minimum Gasteiger partial charge on any atom is -0.494 e. The van der Waals surface area contributed by atoms with E-state index in [9.17, 15) is 4.79 Å². The normalized spacial score (nSPS) is 12.7. The van der Waals surface area contributed by atoms with Gasteiger partial charge in [-0.3, -0.25) is 0 Å². The van der Waals surface area contributed by atoms with Crippen LogP contribution in [0, 0.1) is 5.92 Å². The Bertz CT molecular complexity index is 782. The van der Waals surface area contributed by atoms with Gasteiger partial charge in [0.05, 0.1) is 18.3 Å². The van der Waals surface area contributed by atoms with Crippen molar-refractivity contribution in [1.82, 2.24) is 0 Å². The molecule has 2 aromatic rings. The predicted octanol–water partition coefficient (Wildman–Crippen LogP) is 8.24. The number of unbranched alkanes of at least 4 members (excludes halogenated alkanes) is 4. The van der Waals surface area contributed by atoms with Gasteiger partial charge < -0.3 is 14.2 Å². The maximum Gasteiger partial charge on any atom is 0.343 e. The fourth-order valence-electron chi connectivity index (χ4n) is 3.66. The zero-order valence-corrected chi connectivity index (χ0v) is 21.0. The van der Waals surface area contributed by atoms with Gasteiger partial charge in [0.2, 0.25) is 0 Å². The van der Waals surface area contributed by atoms with E-state index in [2.05, 4.69) is 27.7 Å². The fourth-order valence-corrected chi connectivity index (χ4v) is 3.66. The van der Waals surface area contributed by atoms with Gasteiger partial charge in [0.15, 0.2) is 0 Å². The van der Waals surface area contributed by atoms with Crippen molar-refractivity contribution in [3.05, 3.63) is 54.1 Å². The third kappa shape index (κ3) is 10.8. The Labute approximate surface area is 200 Å². The maximum absolute atomic E-state index is 12.4. The monoisotopic (exact) mass is 454 g/mol. The Morgan fingerprint density at radius 3 is 2.03 bits per heavy atom. The van der Waals surface area contributed by atoms with E-state index in [4.69, 9.17) is 14.2 Å². The van der Waals surface area contributed by atoms with Gasteiger partial charge in [-0.25, -0.2) is 4.79 Å². The van der Waals surface area contributed by atoms with Crippen LogP contribution in [0.15, 0.2) is 48.5 Å². The van der Waals surface area contributed by atoms with E-state index < -0.39 is 0 Å². The first-order valence-electron chi connectivity index (χ1n) is 12.7. The molecule has 2 rings (SSSR count). The van der Waals surface area contributed by atoms with Crippen molar-refractivity contribution in [2.45, 2.75) is 91.6 Å². The Balaban J connectivity index is 1.66. The molecular formula is C29H42O4. The fraction of sp³-hybridized carbons (Fsp3) is 0.552. The van der Waals surface area contributed by atoms with Crippen molar-refractivity contribution in [2.75, 3.05) is 6.61 Å². The summed E-state index contributed by atoms with van der Waals surface area (Å²) >= 11 is 0. The van der Waals surface area contributed by atoms with E-state index in [1.807, 2.05) is 24.3 Å². The summed E-state index contributed by atoms with van der Waals surface area (Å²) in [6.07, 6.45) is 11.1. The molecule has 0 unspecified atom stereocenters. The molecule has 182 valence electrons. The van der Waals surface area contributed by atoms with E-state index in [-0.39, 0.29) is 12.1 Å². The third-order valence-corrected chi connectivity index (χ3v) is 5.96. The van der Waals surface area contributed by atoms with Crippen LogP contribution in [0.2, 0.25) is 0 Å². The van der Waals surface area contributed by atoms with Crippen molar-refractivity contribution in [2.24, 2.45) is 5.92 Å². The molecule has 2 aromatic carbocycles. The number of carbonyl (C=O) groups is 1. The van der Waals surface area contributed by atoms with Crippen molar-refractivity contribution in [3.63, 3.8) is 0 Å². The molecule has 0 aromatic heterocycles. The molecule has 0 aliphatic heterocycles. The SMILES string of the molecule is CCC[C@@H](C)Oc1ccc(C(=O)Oc2ccc(OCCCCCCC[C@@H](C)CC)cc2)cc1. The lowest BCUT2D eigenvalue weighted by Crippen LogP contribution is -2.11. The van der Waals surface area contributed by atoms with Crippen LogP contribution < -0.4 is 14.2 Å². The Morgan fingerprint density at radius 2 is 1.36 bits per heavy atom. The number of ether oxygens (including phenoxy) is 3. The molecule has 0 radical (unpaired) electrons. The molecule has 0 saturated carbocycles. The molecule has 0 fully saturated rings. The summed E-state index contributed by atoms with van der Waals surface area (Å²) in [5.74, 6) is 2.54.